The Balaban J connectivity index is 2.46. The van der Waals surface area contributed by atoms with E-state index in [0.717, 1.165) is 12.8 Å². The summed E-state index contributed by atoms with van der Waals surface area (Å²) in [4.78, 5) is 21.1. The van der Waals surface area contributed by atoms with E-state index in [2.05, 4.69) is 5.10 Å². The Morgan fingerprint density at radius 1 is 1.69 bits per heavy atom. The molecule has 1 fully saturated rings. The van der Waals surface area contributed by atoms with Gasteiger partial charge in [-0.1, -0.05) is 0 Å². The standard InChI is InChI=1S/C9H11N3O4/c1-5-7(12(15)16)8(9(13)14)11(10-5)4-6-2-3-6/h6H,2-4H2,1H3,(H,13,14). The molecule has 0 unspecified atom stereocenters. The fraction of sp³-hybridized carbons (Fsp3) is 0.556. The van der Waals surface area contributed by atoms with E-state index in [4.69, 9.17) is 5.11 Å². The van der Waals surface area contributed by atoms with E-state index in [1.165, 1.54) is 11.6 Å². The van der Waals surface area contributed by atoms with Crippen LogP contribution in [0.1, 0.15) is 29.0 Å². The molecule has 0 saturated heterocycles. The summed E-state index contributed by atoms with van der Waals surface area (Å²) in [5.41, 5.74) is -0.550. The average molecular weight is 225 g/mol. The predicted octanol–water partition coefficient (Wildman–Crippen LogP) is 1.21. The lowest BCUT2D eigenvalue weighted by Gasteiger charge is -2.00. The number of nitrogens with zero attached hydrogens (tertiary/aromatic N) is 3. The van der Waals surface area contributed by atoms with E-state index >= 15 is 0 Å². The van der Waals surface area contributed by atoms with E-state index in [-0.39, 0.29) is 11.4 Å². The summed E-state index contributed by atoms with van der Waals surface area (Å²) in [6.07, 6.45) is 2.07. The zero-order valence-corrected chi connectivity index (χ0v) is 8.71. The highest BCUT2D eigenvalue weighted by molar-refractivity contribution is 5.90. The number of hydrogen-bond donors (Lipinski definition) is 1. The van der Waals surface area contributed by atoms with Crippen molar-refractivity contribution in [1.29, 1.82) is 0 Å². The highest BCUT2D eigenvalue weighted by Gasteiger charge is 2.33. The monoisotopic (exact) mass is 225 g/mol. The van der Waals surface area contributed by atoms with Gasteiger partial charge in [0, 0.05) is 6.54 Å². The Hall–Kier alpha value is -1.92. The maximum absolute atomic E-state index is 11.0. The van der Waals surface area contributed by atoms with Crippen molar-refractivity contribution in [2.24, 2.45) is 5.92 Å². The molecule has 16 heavy (non-hydrogen) atoms. The first-order chi connectivity index (χ1) is 7.50. The molecule has 0 aromatic carbocycles. The molecule has 1 heterocycles. The Morgan fingerprint density at radius 3 is 2.75 bits per heavy atom. The van der Waals surface area contributed by atoms with E-state index in [1.54, 1.807) is 0 Å². The number of carboxylic acid groups (broad SMARTS) is 1. The van der Waals surface area contributed by atoms with E-state index in [0.29, 0.717) is 12.5 Å². The van der Waals surface area contributed by atoms with Crippen molar-refractivity contribution in [1.82, 2.24) is 9.78 Å². The number of aromatic carboxylic acids is 1. The van der Waals surface area contributed by atoms with Gasteiger partial charge >= 0.3 is 11.7 Å². The minimum absolute atomic E-state index is 0.156. The minimum Gasteiger partial charge on any atom is -0.476 e. The third kappa shape index (κ3) is 1.75. The summed E-state index contributed by atoms with van der Waals surface area (Å²) in [6.45, 7) is 1.91. The highest BCUT2D eigenvalue weighted by Crippen LogP contribution is 2.32. The second-order valence-corrected chi connectivity index (χ2v) is 3.97. The zero-order valence-electron chi connectivity index (χ0n) is 8.71. The summed E-state index contributed by atoms with van der Waals surface area (Å²) < 4.78 is 1.24. The quantitative estimate of drug-likeness (QED) is 0.613. The summed E-state index contributed by atoms with van der Waals surface area (Å²) in [6, 6.07) is 0. The van der Waals surface area contributed by atoms with Crippen molar-refractivity contribution >= 4 is 11.7 Å². The summed E-state index contributed by atoms with van der Waals surface area (Å²) >= 11 is 0. The molecule has 0 aliphatic heterocycles. The first-order valence-electron chi connectivity index (χ1n) is 4.95. The van der Waals surface area contributed by atoms with Gasteiger partial charge in [0.2, 0.25) is 5.69 Å². The van der Waals surface area contributed by atoms with Gasteiger partial charge in [-0.25, -0.2) is 4.79 Å². The zero-order chi connectivity index (χ0) is 11.9. The van der Waals surface area contributed by atoms with Gasteiger partial charge in [0.1, 0.15) is 5.69 Å². The van der Waals surface area contributed by atoms with Crippen LogP contribution >= 0.6 is 0 Å². The lowest BCUT2D eigenvalue weighted by Crippen LogP contribution is -2.12. The molecule has 1 aliphatic rings. The molecule has 0 atom stereocenters. The largest absolute Gasteiger partial charge is 0.476 e. The van der Waals surface area contributed by atoms with Gasteiger partial charge in [0.15, 0.2) is 0 Å². The van der Waals surface area contributed by atoms with Crippen LogP contribution in [-0.2, 0) is 6.54 Å². The van der Waals surface area contributed by atoms with Crippen LogP contribution in [0.15, 0.2) is 0 Å². The highest BCUT2D eigenvalue weighted by atomic mass is 16.6. The predicted molar refractivity (Wildman–Crippen MR) is 53.3 cm³/mol. The van der Waals surface area contributed by atoms with Gasteiger partial charge in [0.25, 0.3) is 0 Å². The molecule has 1 saturated carbocycles. The van der Waals surface area contributed by atoms with E-state index in [9.17, 15) is 14.9 Å². The third-order valence-electron chi connectivity index (χ3n) is 2.61. The van der Waals surface area contributed by atoms with Crippen molar-refractivity contribution < 1.29 is 14.8 Å². The molecule has 2 rings (SSSR count). The van der Waals surface area contributed by atoms with E-state index in [1.807, 2.05) is 0 Å². The van der Waals surface area contributed by atoms with Crippen LogP contribution in [0.5, 0.6) is 0 Å². The van der Waals surface area contributed by atoms with Gasteiger partial charge in [-0.15, -0.1) is 0 Å². The molecular weight excluding hydrogens is 214 g/mol. The van der Waals surface area contributed by atoms with Gasteiger partial charge in [-0.3, -0.25) is 14.8 Å². The Kier molecular flexibility index (Phi) is 2.37. The minimum atomic E-state index is -1.30. The fourth-order valence-corrected chi connectivity index (χ4v) is 1.68. The van der Waals surface area contributed by atoms with Crippen molar-refractivity contribution in [3.05, 3.63) is 21.5 Å². The summed E-state index contributed by atoms with van der Waals surface area (Å²) in [7, 11) is 0. The van der Waals surface area contributed by atoms with Crippen molar-refractivity contribution in [3.63, 3.8) is 0 Å². The Labute approximate surface area is 90.8 Å². The Morgan fingerprint density at radius 2 is 2.31 bits per heavy atom. The van der Waals surface area contributed by atoms with Crippen molar-refractivity contribution in [2.75, 3.05) is 0 Å². The van der Waals surface area contributed by atoms with Crippen LogP contribution in [0, 0.1) is 23.0 Å². The molecule has 0 amide bonds. The number of aromatic nitrogens is 2. The van der Waals surface area contributed by atoms with Gasteiger partial charge in [0.05, 0.1) is 4.92 Å². The average Bonchev–Trinajstić information content (AvgIpc) is 2.88. The van der Waals surface area contributed by atoms with E-state index < -0.39 is 16.6 Å². The SMILES string of the molecule is Cc1nn(CC2CC2)c(C(=O)O)c1[N+](=O)[O-]. The van der Waals surface area contributed by atoms with Crippen LogP contribution in [0.3, 0.4) is 0 Å². The maximum atomic E-state index is 11.0. The van der Waals surface area contributed by atoms with Gasteiger partial charge in [-0.2, -0.15) is 5.10 Å². The van der Waals surface area contributed by atoms with Crippen molar-refractivity contribution in [2.45, 2.75) is 26.3 Å². The number of rotatable bonds is 4. The first-order valence-corrected chi connectivity index (χ1v) is 4.95. The molecule has 7 nitrogen and oxygen atoms in total. The number of carbonyl (C=O) groups is 1. The third-order valence-corrected chi connectivity index (χ3v) is 2.61. The van der Waals surface area contributed by atoms with Crippen LogP contribution < -0.4 is 0 Å². The fourth-order valence-electron chi connectivity index (χ4n) is 1.68. The molecule has 0 spiro atoms. The smallest absolute Gasteiger partial charge is 0.361 e. The number of nitro groups is 1. The summed E-state index contributed by atoms with van der Waals surface area (Å²) in [5, 5.41) is 23.7. The molecule has 1 aliphatic carbocycles. The number of carboxylic acids is 1. The molecule has 7 heteroatoms. The van der Waals surface area contributed by atoms with Crippen LogP contribution in [0.4, 0.5) is 5.69 Å². The molecule has 0 radical (unpaired) electrons. The summed E-state index contributed by atoms with van der Waals surface area (Å²) in [5.74, 6) is -0.884. The lowest BCUT2D eigenvalue weighted by atomic mass is 10.3. The number of hydrogen-bond acceptors (Lipinski definition) is 4. The lowest BCUT2D eigenvalue weighted by molar-refractivity contribution is -0.385. The maximum Gasteiger partial charge on any atom is 0.361 e. The molecule has 86 valence electrons. The molecule has 1 N–H and O–H groups in total. The number of aryl methyl sites for hydroxylation is 1. The first kappa shape index (κ1) is 10.6. The second-order valence-electron chi connectivity index (χ2n) is 3.97. The van der Waals surface area contributed by atoms with Gasteiger partial charge < -0.3 is 5.11 Å². The molecular formula is C9H11N3O4. The van der Waals surface area contributed by atoms with Gasteiger partial charge in [-0.05, 0) is 25.7 Å². The van der Waals surface area contributed by atoms with Crippen LogP contribution in [0.25, 0.3) is 0 Å². The van der Waals surface area contributed by atoms with Crippen LogP contribution in [0.2, 0.25) is 0 Å². The molecule has 1 aromatic heterocycles. The Bertz CT molecular complexity index is 462. The van der Waals surface area contributed by atoms with Crippen molar-refractivity contribution in [3.8, 4) is 0 Å². The molecule has 0 bridgehead atoms. The molecule has 1 aromatic rings. The second kappa shape index (κ2) is 3.58. The normalized spacial score (nSPS) is 15.1. The topological polar surface area (TPSA) is 98.3 Å². The van der Waals surface area contributed by atoms with Crippen LogP contribution in [-0.4, -0.2) is 25.8 Å².